The van der Waals surface area contributed by atoms with Gasteiger partial charge in [0.25, 0.3) is 0 Å². The zero-order valence-electron chi connectivity index (χ0n) is 20.0. The van der Waals surface area contributed by atoms with Crippen LogP contribution in [0.5, 0.6) is 5.75 Å². The Balaban J connectivity index is 1.71. The predicted molar refractivity (Wildman–Crippen MR) is 131 cm³/mol. The Bertz CT molecular complexity index is 1130. The van der Waals surface area contributed by atoms with Gasteiger partial charge in [0.05, 0.1) is 42.2 Å². The van der Waals surface area contributed by atoms with Crippen LogP contribution in [0.1, 0.15) is 32.0 Å². The topological polar surface area (TPSA) is 107 Å². The van der Waals surface area contributed by atoms with E-state index in [4.69, 9.17) is 19.4 Å². The summed E-state index contributed by atoms with van der Waals surface area (Å²) >= 11 is 0. The number of thiol groups is 1. The third-order valence-electron chi connectivity index (χ3n) is 7.52. The highest BCUT2D eigenvalue weighted by molar-refractivity contribution is 8.02. The number of ether oxygens (including phenoxy) is 2. The first-order chi connectivity index (χ1) is 15.6. The Kier molecular flexibility index (Phi) is 5.32. The lowest BCUT2D eigenvalue weighted by atomic mass is 9.97. The Morgan fingerprint density at radius 1 is 1.27 bits per heavy atom. The molecule has 8 nitrogen and oxygen atoms in total. The molecule has 2 fully saturated rings. The van der Waals surface area contributed by atoms with Crippen LogP contribution < -0.4 is 15.0 Å². The molecule has 4 heterocycles. The maximum Gasteiger partial charge on any atom is 0.184 e. The quantitative estimate of drug-likeness (QED) is 0.441. The summed E-state index contributed by atoms with van der Waals surface area (Å²) in [5.74, 6) is 1.95. The summed E-state index contributed by atoms with van der Waals surface area (Å²) in [5.41, 5.74) is 2.16. The molecule has 1 aromatic heterocycles. The fraction of sp³-hybridized carbons (Fsp3) is 0.583. The average molecular weight is 475 g/mol. The first kappa shape index (κ1) is 22.7. The van der Waals surface area contributed by atoms with Crippen molar-refractivity contribution in [2.75, 3.05) is 50.4 Å². The van der Waals surface area contributed by atoms with Gasteiger partial charge in [0.2, 0.25) is 0 Å². The Hall–Kier alpha value is -2.07. The monoisotopic (exact) mass is 474 g/mol. The zero-order valence-corrected chi connectivity index (χ0v) is 20.9. The van der Waals surface area contributed by atoms with Crippen molar-refractivity contribution in [2.24, 2.45) is 0 Å². The van der Waals surface area contributed by atoms with Crippen molar-refractivity contribution in [3.8, 4) is 17.1 Å². The Morgan fingerprint density at radius 3 is 2.70 bits per heavy atom. The van der Waals surface area contributed by atoms with Gasteiger partial charge in [-0.1, -0.05) is 28.1 Å². The van der Waals surface area contributed by atoms with Gasteiger partial charge in [0.1, 0.15) is 12.3 Å². The Labute approximate surface area is 196 Å². The number of hydrogen-bond acceptors (Lipinski definition) is 8. The summed E-state index contributed by atoms with van der Waals surface area (Å²) in [6.07, 6.45) is 3.60. The van der Waals surface area contributed by atoms with Gasteiger partial charge in [0, 0.05) is 12.1 Å². The number of nitrogens with zero attached hydrogens (tertiary/aromatic N) is 3. The minimum Gasteiger partial charge on any atom is -0.486 e. The smallest absolute Gasteiger partial charge is 0.184 e. The molecule has 2 saturated heterocycles. The number of morpholine rings is 1. The van der Waals surface area contributed by atoms with E-state index >= 15 is 0 Å². The van der Waals surface area contributed by atoms with Crippen molar-refractivity contribution >= 4 is 15.8 Å². The van der Waals surface area contributed by atoms with Crippen molar-refractivity contribution in [1.29, 1.82) is 0 Å². The summed E-state index contributed by atoms with van der Waals surface area (Å²) < 4.78 is 24.7. The molecule has 1 unspecified atom stereocenters. The molecular formula is C24H34N4O4S. The number of benzene rings is 1. The molecule has 0 amide bonds. The SMILES string of the molecule is C[C@@H]1COC[C@H]2COc3c(nc(-c4cccc(C5(CO)CN5)c4)nc3C(C)(C)[SH](C)(C)=O)N21. The van der Waals surface area contributed by atoms with Crippen LogP contribution in [0.4, 0.5) is 5.82 Å². The first-order valence-electron chi connectivity index (χ1n) is 11.5. The maximum absolute atomic E-state index is 13.4. The van der Waals surface area contributed by atoms with E-state index in [0.717, 1.165) is 23.5 Å². The van der Waals surface area contributed by atoms with Crippen molar-refractivity contribution < 1.29 is 18.8 Å². The molecular weight excluding hydrogens is 440 g/mol. The summed E-state index contributed by atoms with van der Waals surface area (Å²) in [6.45, 7) is 8.55. The molecule has 0 spiro atoms. The van der Waals surface area contributed by atoms with Crippen LogP contribution in [0, 0.1) is 0 Å². The molecule has 180 valence electrons. The van der Waals surface area contributed by atoms with E-state index < -0.39 is 14.7 Å². The van der Waals surface area contributed by atoms with E-state index in [1.54, 1.807) is 12.5 Å². The summed E-state index contributed by atoms with van der Waals surface area (Å²) in [6, 6.07) is 8.22. The first-order valence-corrected chi connectivity index (χ1v) is 14.1. The maximum atomic E-state index is 13.4. The second-order valence-corrected chi connectivity index (χ2v) is 14.2. The molecule has 33 heavy (non-hydrogen) atoms. The highest BCUT2D eigenvalue weighted by Gasteiger charge is 2.44. The van der Waals surface area contributed by atoms with E-state index in [1.807, 2.05) is 38.1 Å². The minimum atomic E-state index is -2.59. The van der Waals surface area contributed by atoms with Gasteiger partial charge in [0.15, 0.2) is 17.4 Å². The van der Waals surface area contributed by atoms with Crippen LogP contribution in [0.3, 0.4) is 0 Å². The molecule has 3 aliphatic heterocycles. The van der Waals surface area contributed by atoms with Gasteiger partial charge >= 0.3 is 0 Å². The van der Waals surface area contributed by atoms with Crippen molar-refractivity contribution in [3.63, 3.8) is 0 Å². The second-order valence-electron chi connectivity index (χ2n) is 10.4. The number of aliphatic hydroxyl groups excluding tert-OH is 1. The van der Waals surface area contributed by atoms with Gasteiger partial charge in [-0.05, 0) is 44.9 Å². The van der Waals surface area contributed by atoms with Crippen LogP contribution >= 0.6 is 0 Å². The van der Waals surface area contributed by atoms with Gasteiger partial charge in [-0.15, -0.1) is 0 Å². The molecule has 0 radical (unpaired) electrons. The summed E-state index contributed by atoms with van der Waals surface area (Å²) in [7, 11) is -2.59. The van der Waals surface area contributed by atoms with Crippen molar-refractivity contribution in [3.05, 3.63) is 35.5 Å². The minimum absolute atomic E-state index is 0.0371. The number of anilines is 1. The lowest BCUT2D eigenvalue weighted by Gasteiger charge is -2.46. The molecule has 9 heteroatoms. The molecule has 3 aliphatic rings. The molecule has 0 bridgehead atoms. The number of aliphatic hydroxyl groups is 1. The van der Waals surface area contributed by atoms with E-state index in [-0.39, 0.29) is 24.2 Å². The Morgan fingerprint density at radius 2 is 2.03 bits per heavy atom. The molecule has 2 aromatic rings. The highest BCUT2D eigenvalue weighted by atomic mass is 32.2. The van der Waals surface area contributed by atoms with Gasteiger partial charge in [-0.3, -0.25) is 4.21 Å². The largest absolute Gasteiger partial charge is 0.486 e. The standard InChI is InChI=1S/C24H34N4O4S/c1-15-10-31-11-18-12-32-19-20(23(2,3)33(4,5)30)26-21(27-22(19)28(15)18)16-7-6-8-17(9-16)24(14-29)13-25-24/h6-9,15,18,25,29,33H,10-14H2,1-5H3/t15-,18+,24?/m1/s1. The van der Waals surface area contributed by atoms with E-state index in [0.29, 0.717) is 37.1 Å². The highest BCUT2D eigenvalue weighted by Crippen LogP contribution is 2.45. The number of nitrogens with one attached hydrogen (secondary N) is 1. The normalized spacial score (nSPS) is 27.4. The van der Waals surface area contributed by atoms with Crippen LogP contribution in [-0.4, -0.2) is 76.9 Å². The molecule has 1 aromatic carbocycles. The third-order valence-corrected chi connectivity index (χ3v) is 10.4. The fourth-order valence-electron chi connectivity index (χ4n) is 4.60. The van der Waals surface area contributed by atoms with Gasteiger partial charge in [-0.25, -0.2) is 9.97 Å². The van der Waals surface area contributed by atoms with E-state index in [2.05, 4.69) is 17.1 Å². The lowest BCUT2D eigenvalue weighted by molar-refractivity contribution is 0.0482. The third kappa shape index (κ3) is 3.65. The van der Waals surface area contributed by atoms with Crippen molar-refractivity contribution in [1.82, 2.24) is 15.3 Å². The molecule has 0 aliphatic carbocycles. The number of fused-ring (bicyclic) bond motifs is 3. The predicted octanol–water partition coefficient (Wildman–Crippen LogP) is 1.43. The van der Waals surface area contributed by atoms with Crippen molar-refractivity contribution in [2.45, 2.75) is 43.1 Å². The zero-order chi connectivity index (χ0) is 23.6. The van der Waals surface area contributed by atoms with Crippen LogP contribution in [0.2, 0.25) is 0 Å². The van der Waals surface area contributed by atoms with Gasteiger partial charge < -0.3 is 24.8 Å². The summed E-state index contributed by atoms with van der Waals surface area (Å²) in [4.78, 5) is 12.3. The molecule has 0 saturated carbocycles. The molecule has 2 N–H and O–H groups in total. The average Bonchev–Trinajstić information content (AvgIpc) is 3.59. The van der Waals surface area contributed by atoms with Crippen LogP contribution in [-0.2, 0) is 25.0 Å². The number of hydrogen-bond donors (Lipinski definition) is 3. The van der Waals surface area contributed by atoms with E-state index in [9.17, 15) is 9.32 Å². The van der Waals surface area contributed by atoms with Gasteiger partial charge in [-0.2, -0.15) is 0 Å². The molecule has 5 rings (SSSR count). The lowest BCUT2D eigenvalue weighted by Crippen LogP contribution is -2.56. The van der Waals surface area contributed by atoms with Crippen LogP contribution in [0.15, 0.2) is 24.3 Å². The fourth-order valence-corrected chi connectivity index (χ4v) is 5.26. The van der Waals surface area contributed by atoms with E-state index in [1.165, 1.54) is 0 Å². The van der Waals surface area contributed by atoms with Crippen LogP contribution in [0.25, 0.3) is 11.4 Å². The number of rotatable bonds is 5. The number of aromatic nitrogens is 2. The second kappa shape index (κ2) is 7.73. The summed E-state index contributed by atoms with van der Waals surface area (Å²) in [5, 5.41) is 13.1. The molecule has 3 atom stereocenters.